The quantitative estimate of drug-likeness (QED) is 0.396. The van der Waals surface area contributed by atoms with Gasteiger partial charge >= 0.3 is 0 Å². The third-order valence-electron chi connectivity index (χ3n) is 7.60. The van der Waals surface area contributed by atoms with Gasteiger partial charge in [0, 0.05) is 34.4 Å². The summed E-state index contributed by atoms with van der Waals surface area (Å²) in [7, 11) is 0. The Labute approximate surface area is 212 Å². The minimum atomic E-state index is -1.06. The molecule has 2 atom stereocenters. The number of rotatable bonds is 4. The lowest BCUT2D eigenvalue weighted by molar-refractivity contribution is -0.166. The number of benzene rings is 3. The Morgan fingerprint density at radius 2 is 1.69 bits per heavy atom. The number of nitrogens with zero attached hydrogens (tertiary/aromatic N) is 2. The Morgan fingerprint density at radius 3 is 2.46 bits per heavy atom. The summed E-state index contributed by atoms with van der Waals surface area (Å²) in [5.41, 5.74) is 4.17. The molecule has 5 nitrogen and oxygen atoms in total. The summed E-state index contributed by atoms with van der Waals surface area (Å²) in [6, 6.07) is 26.6. The van der Waals surface area contributed by atoms with Crippen molar-refractivity contribution in [2.45, 2.75) is 24.8 Å². The van der Waals surface area contributed by atoms with Crippen LogP contribution in [-0.4, -0.2) is 46.2 Å². The van der Waals surface area contributed by atoms with Gasteiger partial charge in [-0.25, -0.2) is 0 Å². The first-order chi connectivity index (χ1) is 17.0. The molecule has 1 fully saturated rings. The highest BCUT2D eigenvalue weighted by molar-refractivity contribution is 9.10. The second kappa shape index (κ2) is 8.38. The number of carbonyl (C=O) groups is 2. The first-order valence-electron chi connectivity index (χ1n) is 12.0. The molecule has 6 rings (SSSR count). The summed E-state index contributed by atoms with van der Waals surface area (Å²) in [6.45, 7) is 3.02. The van der Waals surface area contributed by atoms with E-state index in [9.17, 15) is 9.59 Å². The smallest absolute Gasteiger partial charge is 0.254 e. The summed E-state index contributed by atoms with van der Waals surface area (Å²) in [4.78, 5) is 34.8. The van der Waals surface area contributed by atoms with E-state index in [1.165, 1.54) is 0 Å². The Kier molecular flexibility index (Phi) is 5.29. The third-order valence-corrected chi connectivity index (χ3v) is 8.13. The molecule has 0 radical (unpaired) electrons. The van der Waals surface area contributed by atoms with Gasteiger partial charge in [0.25, 0.3) is 5.91 Å². The zero-order chi connectivity index (χ0) is 24.2. The highest BCUT2D eigenvalue weighted by atomic mass is 79.9. The maximum absolute atomic E-state index is 14.1. The van der Waals surface area contributed by atoms with Crippen LogP contribution in [0.3, 0.4) is 0 Å². The van der Waals surface area contributed by atoms with Gasteiger partial charge in [-0.3, -0.25) is 9.59 Å². The first-order valence-corrected chi connectivity index (χ1v) is 12.8. The van der Waals surface area contributed by atoms with Gasteiger partial charge in [-0.05, 0) is 48.2 Å². The van der Waals surface area contributed by atoms with E-state index in [0.29, 0.717) is 13.1 Å². The van der Waals surface area contributed by atoms with Crippen molar-refractivity contribution in [3.8, 4) is 0 Å². The van der Waals surface area contributed by atoms with Crippen LogP contribution in [-0.2, 0) is 21.5 Å². The summed E-state index contributed by atoms with van der Waals surface area (Å²) >= 11 is 3.53. The van der Waals surface area contributed by atoms with Crippen molar-refractivity contribution in [1.29, 1.82) is 0 Å². The molecule has 0 bridgehead atoms. The lowest BCUT2D eigenvalue weighted by atomic mass is 9.76. The van der Waals surface area contributed by atoms with E-state index in [1.54, 1.807) is 9.80 Å². The van der Waals surface area contributed by atoms with Crippen LogP contribution in [0.2, 0.25) is 0 Å². The average Bonchev–Trinajstić information content (AvgIpc) is 3.28. The Hall–Kier alpha value is -3.38. The fraction of sp³-hybridized carbons (Fsp3) is 0.241. The van der Waals surface area contributed by atoms with Crippen LogP contribution in [0.5, 0.6) is 0 Å². The van der Waals surface area contributed by atoms with Gasteiger partial charge < -0.3 is 14.8 Å². The number of H-pyrrole nitrogens is 1. The number of aromatic nitrogens is 1. The first kappa shape index (κ1) is 22.1. The predicted molar refractivity (Wildman–Crippen MR) is 140 cm³/mol. The van der Waals surface area contributed by atoms with Crippen molar-refractivity contribution in [2.24, 2.45) is 0 Å². The van der Waals surface area contributed by atoms with Gasteiger partial charge in [0.15, 0.2) is 5.54 Å². The van der Waals surface area contributed by atoms with Crippen molar-refractivity contribution < 1.29 is 9.59 Å². The monoisotopic (exact) mass is 527 g/mol. The predicted octanol–water partition coefficient (Wildman–Crippen LogP) is 5.20. The van der Waals surface area contributed by atoms with Crippen molar-refractivity contribution in [1.82, 2.24) is 14.8 Å². The van der Waals surface area contributed by atoms with Gasteiger partial charge in [0.2, 0.25) is 5.91 Å². The molecule has 4 aromatic rings. The summed E-state index contributed by atoms with van der Waals surface area (Å²) in [5.74, 6) is -0.0448. The van der Waals surface area contributed by atoms with Gasteiger partial charge in [-0.2, -0.15) is 0 Å². The lowest BCUT2D eigenvalue weighted by Gasteiger charge is -2.51. The minimum Gasteiger partial charge on any atom is -0.356 e. The van der Waals surface area contributed by atoms with Crippen LogP contribution in [0, 0.1) is 0 Å². The normalized spacial score (nSPS) is 21.8. The average molecular weight is 528 g/mol. The van der Waals surface area contributed by atoms with Crippen LogP contribution in [0.15, 0.2) is 83.3 Å². The topological polar surface area (TPSA) is 56.4 Å². The van der Waals surface area contributed by atoms with Crippen molar-refractivity contribution >= 4 is 38.6 Å². The van der Waals surface area contributed by atoms with E-state index in [1.807, 2.05) is 55.5 Å². The molecule has 2 aliphatic heterocycles. The number of halogens is 1. The molecule has 6 heteroatoms. The Balaban J connectivity index is 1.45. The van der Waals surface area contributed by atoms with Crippen LogP contribution in [0.4, 0.5) is 0 Å². The maximum Gasteiger partial charge on any atom is 0.254 e. The molecule has 1 N–H and O–H groups in total. The molecule has 1 saturated heterocycles. The molecule has 176 valence electrons. The van der Waals surface area contributed by atoms with Gasteiger partial charge in [-0.15, -0.1) is 0 Å². The molecule has 35 heavy (non-hydrogen) atoms. The minimum absolute atomic E-state index is 0.00780. The number of fused-ring (bicyclic) bond motifs is 5. The van der Waals surface area contributed by atoms with Crippen molar-refractivity contribution in [3.63, 3.8) is 0 Å². The SMILES string of the molecule is C[C@]12C(=O)N(CCc3ccccc3)CC(=O)N1C[C@@H](c1ccc(Br)cc1)c1c2[nH]c2ccccc12. The number of aromatic amines is 1. The number of piperazine rings is 1. The Morgan fingerprint density at radius 1 is 0.971 bits per heavy atom. The summed E-state index contributed by atoms with van der Waals surface area (Å²) in [5, 5.41) is 1.11. The van der Waals surface area contributed by atoms with Gasteiger partial charge in [0.1, 0.15) is 0 Å². The summed E-state index contributed by atoms with van der Waals surface area (Å²) in [6.07, 6.45) is 0.719. The van der Waals surface area contributed by atoms with E-state index >= 15 is 0 Å². The van der Waals surface area contributed by atoms with Crippen LogP contribution < -0.4 is 0 Å². The number of amides is 2. The number of carbonyl (C=O) groups excluding carboxylic acids is 2. The maximum atomic E-state index is 14.1. The fourth-order valence-corrected chi connectivity index (χ4v) is 6.02. The number of nitrogens with one attached hydrogen (secondary N) is 1. The van der Waals surface area contributed by atoms with E-state index in [2.05, 4.69) is 51.2 Å². The number of hydrogen-bond donors (Lipinski definition) is 1. The van der Waals surface area contributed by atoms with E-state index in [4.69, 9.17) is 0 Å². The highest BCUT2D eigenvalue weighted by Crippen LogP contribution is 2.48. The summed E-state index contributed by atoms with van der Waals surface area (Å²) < 4.78 is 1.01. The van der Waals surface area contributed by atoms with E-state index in [0.717, 1.165) is 44.2 Å². The second-order valence-electron chi connectivity index (χ2n) is 9.60. The van der Waals surface area contributed by atoms with Crippen LogP contribution >= 0.6 is 15.9 Å². The Bertz CT molecular complexity index is 1430. The third kappa shape index (κ3) is 3.50. The molecule has 0 aliphatic carbocycles. The van der Waals surface area contributed by atoms with Crippen molar-refractivity contribution in [2.75, 3.05) is 19.6 Å². The molecular formula is C29H26BrN3O2. The zero-order valence-corrected chi connectivity index (χ0v) is 21.1. The molecular weight excluding hydrogens is 502 g/mol. The number of para-hydroxylation sites is 1. The molecule has 2 amide bonds. The van der Waals surface area contributed by atoms with Crippen LogP contribution in [0.25, 0.3) is 10.9 Å². The lowest BCUT2D eigenvalue weighted by Crippen LogP contribution is -2.67. The number of hydrogen-bond acceptors (Lipinski definition) is 2. The standard InChI is InChI=1S/C29H26BrN3O2/c1-29-27-26(22-9-5-6-10-24(22)31-27)23(20-11-13-21(30)14-12-20)17-33(29)25(34)18-32(28(29)35)16-15-19-7-3-2-4-8-19/h2-14,23,31H,15-18H2,1H3/t23-,29-/m0/s1. The van der Waals surface area contributed by atoms with E-state index in [-0.39, 0.29) is 24.3 Å². The molecule has 0 saturated carbocycles. The zero-order valence-electron chi connectivity index (χ0n) is 19.5. The molecule has 0 unspecified atom stereocenters. The molecule has 2 aliphatic rings. The second-order valence-corrected chi connectivity index (χ2v) is 10.5. The van der Waals surface area contributed by atoms with Gasteiger partial charge in [-0.1, -0.05) is 76.6 Å². The molecule has 1 aromatic heterocycles. The van der Waals surface area contributed by atoms with Crippen molar-refractivity contribution in [3.05, 3.63) is 106 Å². The van der Waals surface area contributed by atoms with Gasteiger partial charge in [0.05, 0.1) is 12.2 Å². The van der Waals surface area contributed by atoms with Crippen LogP contribution in [0.1, 0.15) is 35.2 Å². The molecule has 3 aromatic carbocycles. The molecule has 3 heterocycles. The molecule has 0 spiro atoms. The highest BCUT2D eigenvalue weighted by Gasteiger charge is 2.56. The fourth-order valence-electron chi connectivity index (χ4n) is 5.76. The largest absolute Gasteiger partial charge is 0.356 e. The van der Waals surface area contributed by atoms with E-state index < -0.39 is 5.54 Å².